The molecule has 0 saturated heterocycles. The van der Waals surface area contributed by atoms with E-state index in [2.05, 4.69) is 5.32 Å². The molecule has 1 saturated carbocycles. The fraction of sp³-hybridized carbons (Fsp3) is 0.625. The number of rotatable bonds is 6. The second kappa shape index (κ2) is 6.90. The van der Waals surface area contributed by atoms with Crippen LogP contribution in [0.2, 0.25) is 0 Å². The van der Waals surface area contributed by atoms with Gasteiger partial charge in [0.25, 0.3) is 0 Å². The Bertz CT molecular complexity index is 546. The lowest BCUT2D eigenvalue weighted by Crippen LogP contribution is -2.43. The molecule has 0 heterocycles. The molecule has 0 aliphatic heterocycles. The molecule has 118 valence electrons. The minimum atomic E-state index is -3.10. The summed E-state index contributed by atoms with van der Waals surface area (Å²) in [5.41, 5.74) is 7.51. The maximum absolute atomic E-state index is 11.4. The molecule has 21 heavy (non-hydrogen) atoms. The van der Waals surface area contributed by atoms with Gasteiger partial charge in [0.05, 0.1) is 4.90 Å². The molecule has 0 bridgehead atoms. The first-order valence-corrected chi connectivity index (χ1v) is 9.57. The van der Waals surface area contributed by atoms with Crippen molar-refractivity contribution < 1.29 is 8.42 Å². The van der Waals surface area contributed by atoms with Gasteiger partial charge in [-0.1, -0.05) is 31.4 Å². The van der Waals surface area contributed by atoms with Crippen molar-refractivity contribution in [2.75, 3.05) is 12.8 Å². The van der Waals surface area contributed by atoms with Gasteiger partial charge in [-0.3, -0.25) is 0 Å². The van der Waals surface area contributed by atoms with Gasteiger partial charge in [0.1, 0.15) is 0 Å². The zero-order valence-electron chi connectivity index (χ0n) is 12.8. The summed E-state index contributed by atoms with van der Waals surface area (Å²) in [5, 5.41) is 3.40. The third-order valence-electron chi connectivity index (χ3n) is 4.33. The zero-order valence-corrected chi connectivity index (χ0v) is 13.6. The number of benzene rings is 1. The molecule has 0 spiro atoms. The van der Waals surface area contributed by atoms with Crippen LogP contribution in [0.4, 0.5) is 0 Å². The van der Waals surface area contributed by atoms with Crippen LogP contribution in [0.5, 0.6) is 0 Å². The van der Waals surface area contributed by atoms with Gasteiger partial charge >= 0.3 is 0 Å². The van der Waals surface area contributed by atoms with E-state index in [9.17, 15) is 8.42 Å². The van der Waals surface area contributed by atoms with Crippen molar-refractivity contribution >= 4 is 9.84 Å². The molecule has 4 nitrogen and oxygen atoms in total. The summed E-state index contributed by atoms with van der Waals surface area (Å²) >= 11 is 0. The summed E-state index contributed by atoms with van der Waals surface area (Å²) in [5.74, 6) is 0. The highest BCUT2D eigenvalue weighted by Gasteiger charge is 2.26. The molecule has 1 aromatic carbocycles. The van der Waals surface area contributed by atoms with E-state index in [1.165, 1.54) is 25.5 Å². The Hall–Kier alpha value is -0.910. The second-order valence-corrected chi connectivity index (χ2v) is 8.28. The van der Waals surface area contributed by atoms with Crippen molar-refractivity contribution in [3.8, 4) is 0 Å². The monoisotopic (exact) mass is 310 g/mol. The Morgan fingerprint density at radius 2 is 1.76 bits per heavy atom. The highest BCUT2D eigenvalue weighted by Crippen LogP contribution is 2.28. The fourth-order valence-electron chi connectivity index (χ4n) is 2.93. The molecular weight excluding hydrogens is 284 g/mol. The van der Waals surface area contributed by atoms with Gasteiger partial charge < -0.3 is 11.1 Å². The topological polar surface area (TPSA) is 72.2 Å². The van der Waals surface area contributed by atoms with Crippen LogP contribution < -0.4 is 11.1 Å². The lowest BCUT2D eigenvalue weighted by Gasteiger charge is -2.33. The predicted octanol–water partition coefficient (Wildman–Crippen LogP) is 2.23. The summed E-state index contributed by atoms with van der Waals surface area (Å²) in [4.78, 5) is 0.370. The number of hydrogen-bond donors (Lipinski definition) is 2. The van der Waals surface area contributed by atoms with Crippen LogP contribution in [0.15, 0.2) is 29.2 Å². The van der Waals surface area contributed by atoms with Gasteiger partial charge in [0.15, 0.2) is 9.84 Å². The minimum Gasteiger partial charge on any atom is -0.325 e. The SMILES string of the molecule is CS(=O)(=O)c1ccc(CNCCC2(N)CCCCC2)cc1. The molecule has 0 atom stereocenters. The van der Waals surface area contributed by atoms with Crippen LogP contribution in [0.3, 0.4) is 0 Å². The van der Waals surface area contributed by atoms with Crippen molar-refractivity contribution in [3.05, 3.63) is 29.8 Å². The number of nitrogens with two attached hydrogens (primary N) is 1. The lowest BCUT2D eigenvalue weighted by molar-refractivity contribution is 0.274. The van der Waals surface area contributed by atoms with Crippen LogP contribution in [0.1, 0.15) is 44.1 Å². The first-order chi connectivity index (χ1) is 9.89. The molecule has 1 aromatic rings. The van der Waals surface area contributed by atoms with Crippen molar-refractivity contribution in [1.29, 1.82) is 0 Å². The third kappa shape index (κ3) is 5.09. The van der Waals surface area contributed by atoms with E-state index in [4.69, 9.17) is 5.73 Å². The quantitative estimate of drug-likeness (QED) is 0.790. The van der Waals surface area contributed by atoms with Gasteiger partial charge in [-0.05, 0) is 43.5 Å². The van der Waals surface area contributed by atoms with Crippen LogP contribution in [-0.2, 0) is 16.4 Å². The summed E-state index contributed by atoms with van der Waals surface area (Å²) < 4.78 is 22.8. The smallest absolute Gasteiger partial charge is 0.175 e. The molecule has 1 fully saturated rings. The molecule has 3 N–H and O–H groups in total. The molecule has 2 rings (SSSR count). The average molecular weight is 310 g/mol. The molecule has 0 amide bonds. The van der Waals surface area contributed by atoms with E-state index >= 15 is 0 Å². The van der Waals surface area contributed by atoms with Crippen molar-refractivity contribution in [3.63, 3.8) is 0 Å². The summed E-state index contributed by atoms with van der Waals surface area (Å²) in [6.45, 7) is 1.66. The summed E-state index contributed by atoms with van der Waals surface area (Å²) in [7, 11) is -3.10. The maximum Gasteiger partial charge on any atom is 0.175 e. The number of hydrogen-bond acceptors (Lipinski definition) is 4. The second-order valence-electron chi connectivity index (χ2n) is 6.27. The molecule has 1 aliphatic rings. The van der Waals surface area contributed by atoms with Gasteiger partial charge in [0.2, 0.25) is 0 Å². The van der Waals surface area contributed by atoms with E-state index in [0.717, 1.165) is 37.9 Å². The number of nitrogens with one attached hydrogen (secondary N) is 1. The average Bonchev–Trinajstić information content (AvgIpc) is 2.44. The van der Waals surface area contributed by atoms with Crippen molar-refractivity contribution in [2.24, 2.45) is 5.73 Å². The van der Waals surface area contributed by atoms with E-state index in [1.807, 2.05) is 12.1 Å². The molecule has 0 unspecified atom stereocenters. The molecular formula is C16H26N2O2S. The molecule has 5 heteroatoms. The standard InChI is InChI=1S/C16H26N2O2S/c1-21(19,20)15-7-5-14(6-8-15)13-18-12-11-16(17)9-3-2-4-10-16/h5-8,18H,2-4,9-13,17H2,1H3. The van der Waals surface area contributed by atoms with Crippen LogP contribution in [0, 0.1) is 0 Å². The van der Waals surface area contributed by atoms with E-state index in [-0.39, 0.29) is 5.54 Å². The predicted molar refractivity (Wildman–Crippen MR) is 85.9 cm³/mol. The zero-order chi connectivity index (χ0) is 15.3. The van der Waals surface area contributed by atoms with Crippen LogP contribution >= 0.6 is 0 Å². The Kier molecular flexibility index (Phi) is 5.41. The number of sulfone groups is 1. The fourth-order valence-corrected chi connectivity index (χ4v) is 3.56. The molecule has 1 aliphatic carbocycles. The van der Waals surface area contributed by atoms with Gasteiger partial charge in [-0.15, -0.1) is 0 Å². The molecule has 0 aromatic heterocycles. The van der Waals surface area contributed by atoms with Gasteiger partial charge in [0, 0.05) is 18.3 Å². The Labute approximate surface area is 128 Å². The van der Waals surface area contributed by atoms with Crippen LogP contribution in [0.25, 0.3) is 0 Å². The normalized spacial score (nSPS) is 18.6. The van der Waals surface area contributed by atoms with Crippen molar-refractivity contribution in [2.45, 2.75) is 55.5 Å². The highest BCUT2D eigenvalue weighted by molar-refractivity contribution is 7.90. The molecule has 0 radical (unpaired) electrons. The first-order valence-electron chi connectivity index (χ1n) is 7.68. The van der Waals surface area contributed by atoms with Crippen molar-refractivity contribution in [1.82, 2.24) is 5.32 Å². The minimum absolute atomic E-state index is 0.0192. The van der Waals surface area contributed by atoms with E-state index < -0.39 is 9.84 Å². The highest BCUT2D eigenvalue weighted by atomic mass is 32.2. The third-order valence-corrected chi connectivity index (χ3v) is 5.46. The summed E-state index contributed by atoms with van der Waals surface area (Å²) in [6, 6.07) is 7.06. The Balaban J connectivity index is 1.76. The largest absolute Gasteiger partial charge is 0.325 e. The van der Waals surface area contributed by atoms with Gasteiger partial charge in [-0.25, -0.2) is 8.42 Å². The lowest BCUT2D eigenvalue weighted by atomic mass is 9.80. The Morgan fingerprint density at radius 1 is 1.14 bits per heavy atom. The first kappa shape index (κ1) is 16.5. The Morgan fingerprint density at radius 3 is 2.33 bits per heavy atom. The maximum atomic E-state index is 11.4. The van der Waals surface area contributed by atoms with E-state index in [0.29, 0.717) is 4.90 Å². The van der Waals surface area contributed by atoms with Gasteiger partial charge in [-0.2, -0.15) is 0 Å². The van der Waals surface area contributed by atoms with Crippen LogP contribution in [-0.4, -0.2) is 26.8 Å². The summed E-state index contributed by atoms with van der Waals surface area (Å²) in [6.07, 6.45) is 8.33. The van der Waals surface area contributed by atoms with E-state index in [1.54, 1.807) is 12.1 Å².